The van der Waals surface area contributed by atoms with E-state index in [1.807, 2.05) is 19.0 Å². The van der Waals surface area contributed by atoms with E-state index in [1.54, 1.807) is 24.3 Å². The van der Waals surface area contributed by atoms with Gasteiger partial charge in [-0.2, -0.15) is 0 Å². The number of aliphatic hydroxyl groups excluding tert-OH is 1. The zero-order valence-corrected chi connectivity index (χ0v) is 8.10. The van der Waals surface area contributed by atoms with Crippen LogP contribution in [0.15, 0.2) is 24.3 Å². The van der Waals surface area contributed by atoms with E-state index in [0.717, 1.165) is 5.69 Å². The molecule has 1 atom stereocenters. The van der Waals surface area contributed by atoms with Crippen LogP contribution in [-0.2, 0) is 4.79 Å². The molecular weight excluding hydrogens is 182 g/mol. The van der Waals surface area contributed by atoms with Crippen LogP contribution >= 0.6 is 0 Å². The van der Waals surface area contributed by atoms with Gasteiger partial charge in [0.1, 0.15) is 6.10 Å². The second-order valence-corrected chi connectivity index (χ2v) is 3.21. The number of anilines is 1. The summed E-state index contributed by atoms with van der Waals surface area (Å²) in [5, 5.41) is 19.5. The summed E-state index contributed by atoms with van der Waals surface area (Å²) in [6, 6.07) is 6.61. The lowest BCUT2D eigenvalue weighted by atomic mass is 10.1. The molecule has 1 N–H and O–H groups in total. The summed E-state index contributed by atoms with van der Waals surface area (Å²) in [5.74, 6) is -1.48. The van der Waals surface area contributed by atoms with Crippen LogP contribution in [0, 0.1) is 0 Å². The molecule has 4 nitrogen and oxygen atoms in total. The van der Waals surface area contributed by atoms with Crippen LogP contribution in [0.5, 0.6) is 0 Å². The van der Waals surface area contributed by atoms with Crippen LogP contribution in [0.4, 0.5) is 5.69 Å². The van der Waals surface area contributed by atoms with Gasteiger partial charge in [-0.15, -0.1) is 0 Å². The molecule has 1 aromatic rings. The summed E-state index contributed by atoms with van der Waals surface area (Å²) in [5.41, 5.74) is 1.27. The van der Waals surface area contributed by atoms with Gasteiger partial charge in [0.15, 0.2) is 0 Å². The number of aliphatic hydroxyl groups is 1. The number of aliphatic carboxylic acids is 1. The lowest BCUT2D eigenvalue weighted by molar-refractivity contribution is -0.315. The van der Waals surface area contributed by atoms with Crippen molar-refractivity contribution in [2.75, 3.05) is 19.0 Å². The fourth-order valence-electron chi connectivity index (χ4n) is 1.09. The van der Waals surface area contributed by atoms with E-state index in [1.165, 1.54) is 0 Å². The highest BCUT2D eigenvalue weighted by molar-refractivity contribution is 5.72. The van der Waals surface area contributed by atoms with Crippen molar-refractivity contribution < 1.29 is 15.0 Å². The van der Waals surface area contributed by atoms with Gasteiger partial charge in [-0.05, 0) is 17.7 Å². The van der Waals surface area contributed by atoms with E-state index in [9.17, 15) is 9.90 Å². The molecule has 0 radical (unpaired) electrons. The third kappa shape index (κ3) is 2.23. The van der Waals surface area contributed by atoms with Crippen molar-refractivity contribution in [3.63, 3.8) is 0 Å². The first-order valence-electron chi connectivity index (χ1n) is 4.18. The van der Waals surface area contributed by atoms with Gasteiger partial charge in [-0.25, -0.2) is 0 Å². The standard InChI is InChI=1S/C10H13NO3/c1-11(2)8-5-3-7(4-6-8)9(12)10(13)14/h3-6,9,12H,1-2H3,(H,13,14)/p-1/t9-/m1/s1. The Balaban J connectivity index is 2.88. The van der Waals surface area contributed by atoms with E-state index in [-0.39, 0.29) is 0 Å². The second-order valence-electron chi connectivity index (χ2n) is 3.21. The fraction of sp³-hybridized carbons (Fsp3) is 0.300. The average Bonchev–Trinajstić information content (AvgIpc) is 2.16. The topological polar surface area (TPSA) is 63.6 Å². The number of benzene rings is 1. The van der Waals surface area contributed by atoms with Crippen LogP contribution in [0.25, 0.3) is 0 Å². The zero-order chi connectivity index (χ0) is 10.7. The molecule has 0 heterocycles. The molecule has 0 aliphatic rings. The fourth-order valence-corrected chi connectivity index (χ4v) is 1.09. The lowest BCUT2D eigenvalue weighted by Gasteiger charge is -2.15. The SMILES string of the molecule is CN(C)c1ccc([C@@H](O)C(=O)[O-])cc1. The molecule has 0 aliphatic heterocycles. The summed E-state index contributed by atoms with van der Waals surface area (Å²) in [4.78, 5) is 12.2. The Morgan fingerprint density at radius 2 is 1.86 bits per heavy atom. The molecule has 14 heavy (non-hydrogen) atoms. The summed E-state index contributed by atoms with van der Waals surface area (Å²) >= 11 is 0. The van der Waals surface area contributed by atoms with E-state index in [4.69, 9.17) is 5.11 Å². The lowest BCUT2D eigenvalue weighted by Crippen LogP contribution is -2.29. The van der Waals surface area contributed by atoms with E-state index >= 15 is 0 Å². The highest BCUT2D eigenvalue weighted by Crippen LogP contribution is 2.17. The Morgan fingerprint density at radius 1 is 1.36 bits per heavy atom. The Hall–Kier alpha value is -1.55. The monoisotopic (exact) mass is 194 g/mol. The van der Waals surface area contributed by atoms with Crippen molar-refractivity contribution in [3.05, 3.63) is 29.8 Å². The zero-order valence-electron chi connectivity index (χ0n) is 8.10. The number of hydrogen-bond acceptors (Lipinski definition) is 4. The molecule has 0 saturated heterocycles. The molecular formula is C10H12NO3-. The molecule has 0 aliphatic carbocycles. The summed E-state index contributed by atoms with van der Waals surface area (Å²) in [6.45, 7) is 0. The van der Waals surface area contributed by atoms with Gasteiger partial charge in [-0.1, -0.05) is 12.1 Å². The third-order valence-corrected chi connectivity index (χ3v) is 1.95. The molecule has 0 spiro atoms. The molecule has 4 heteroatoms. The minimum Gasteiger partial charge on any atom is -0.547 e. The highest BCUT2D eigenvalue weighted by atomic mass is 16.4. The normalized spacial score (nSPS) is 12.2. The summed E-state index contributed by atoms with van der Waals surface area (Å²) in [7, 11) is 3.76. The van der Waals surface area contributed by atoms with Crippen molar-refractivity contribution in [1.29, 1.82) is 0 Å². The van der Waals surface area contributed by atoms with Gasteiger partial charge in [0.05, 0.1) is 5.97 Å². The Labute approximate surface area is 82.4 Å². The Morgan fingerprint density at radius 3 is 2.21 bits per heavy atom. The average molecular weight is 194 g/mol. The first-order chi connectivity index (χ1) is 6.52. The van der Waals surface area contributed by atoms with Crippen LogP contribution in [0.2, 0.25) is 0 Å². The van der Waals surface area contributed by atoms with E-state index in [0.29, 0.717) is 5.56 Å². The number of carboxylic acids is 1. The first-order valence-corrected chi connectivity index (χ1v) is 4.18. The maximum Gasteiger partial charge on any atom is 0.118 e. The van der Waals surface area contributed by atoms with Gasteiger partial charge >= 0.3 is 0 Å². The van der Waals surface area contributed by atoms with Crippen molar-refractivity contribution in [3.8, 4) is 0 Å². The van der Waals surface area contributed by atoms with Crippen molar-refractivity contribution in [2.45, 2.75) is 6.10 Å². The molecule has 0 amide bonds. The number of nitrogens with zero attached hydrogens (tertiary/aromatic N) is 1. The molecule has 1 aromatic carbocycles. The predicted octanol–water partition coefficient (Wildman–Crippen LogP) is -0.464. The molecule has 0 saturated carbocycles. The molecule has 1 rings (SSSR count). The maximum absolute atomic E-state index is 10.3. The number of carbonyl (C=O) groups excluding carboxylic acids is 1. The molecule has 0 fully saturated rings. The quantitative estimate of drug-likeness (QED) is 0.707. The highest BCUT2D eigenvalue weighted by Gasteiger charge is 2.07. The summed E-state index contributed by atoms with van der Waals surface area (Å²) in [6.07, 6.45) is -1.55. The van der Waals surface area contributed by atoms with Gasteiger partial charge in [0.25, 0.3) is 0 Å². The minimum absolute atomic E-state index is 0.329. The largest absolute Gasteiger partial charge is 0.547 e. The molecule has 76 valence electrons. The third-order valence-electron chi connectivity index (χ3n) is 1.95. The number of hydrogen-bond donors (Lipinski definition) is 1. The van der Waals surface area contributed by atoms with Crippen molar-refractivity contribution >= 4 is 11.7 Å². The molecule has 0 unspecified atom stereocenters. The Bertz CT molecular complexity index is 319. The maximum atomic E-state index is 10.3. The van der Waals surface area contributed by atoms with Crippen LogP contribution in [-0.4, -0.2) is 25.2 Å². The van der Waals surface area contributed by atoms with Crippen molar-refractivity contribution in [2.24, 2.45) is 0 Å². The van der Waals surface area contributed by atoms with E-state index < -0.39 is 12.1 Å². The van der Waals surface area contributed by atoms with Gasteiger partial charge < -0.3 is 19.9 Å². The second kappa shape index (κ2) is 4.11. The number of rotatable bonds is 3. The first kappa shape index (κ1) is 10.5. The van der Waals surface area contributed by atoms with Crippen LogP contribution in [0.3, 0.4) is 0 Å². The van der Waals surface area contributed by atoms with Crippen LogP contribution in [0.1, 0.15) is 11.7 Å². The predicted molar refractivity (Wildman–Crippen MR) is 50.7 cm³/mol. The number of carbonyl (C=O) groups is 1. The van der Waals surface area contributed by atoms with Crippen molar-refractivity contribution in [1.82, 2.24) is 0 Å². The molecule has 0 aromatic heterocycles. The number of carboxylic acid groups (broad SMARTS) is 1. The smallest absolute Gasteiger partial charge is 0.118 e. The van der Waals surface area contributed by atoms with Gasteiger partial charge in [-0.3, -0.25) is 0 Å². The van der Waals surface area contributed by atoms with Gasteiger partial charge in [0.2, 0.25) is 0 Å². The Kier molecular flexibility index (Phi) is 3.09. The van der Waals surface area contributed by atoms with Crippen LogP contribution < -0.4 is 10.0 Å². The van der Waals surface area contributed by atoms with Gasteiger partial charge in [0, 0.05) is 19.8 Å². The minimum atomic E-state index is -1.55. The summed E-state index contributed by atoms with van der Waals surface area (Å²) < 4.78 is 0. The van der Waals surface area contributed by atoms with E-state index in [2.05, 4.69) is 0 Å². The molecule has 0 bridgehead atoms.